The lowest BCUT2D eigenvalue weighted by Gasteiger charge is -2.35. The number of hydrogen-bond acceptors (Lipinski definition) is 4. The minimum absolute atomic E-state index is 0.0276. The number of anilines is 1. The number of nitrogens with one attached hydrogen (secondary N) is 1. The third kappa shape index (κ3) is 5.73. The lowest BCUT2D eigenvalue weighted by atomic mass is 10.0. The average molecular weight is 396 g/mol. The Hall–Kier alpha value is -2.53. The Morgan fingerprint density at radius 3 is 2.55 bits per heavy atom. The lowest BCUT2D eigenvalue weighted by molar-refractivity contribution is -0.123. The summed E-state index contributed by atoms with van der Waals surface area (Å²) in [5, 5.41) is 3.02. The predicted molar refractivity (Wildman–Crippen MR) is 119 cm³/mol. The number of amides is 1. The monoisotopic (exact) mass is 395 g/mol. The van der Waals surface area contributed by atoms with Crippen LogP contribution in [0.25, 0.3) is 0 Å². The first-order valence-corrected chi connectivity index (χ1v) is 10.5. The van der Waals surface area contributed by atoms with Gasteiger partial charge in [0.05, 0.1) is 0 Å². The number of aryl methyl sites for hydroxylation is 1. The molecule has 1 N–H and O–H groups in total. The Labute approximate surface area is 174 Å². The Morgan fingerprint density at radius 2 is 1.83 bits per heavy atom. The van der Waals surface area contributed by atoms with E-state index >= 15 is 0 Å². The van der Waals surface area contributed by atoms with Gasteiger partial charge in [0.25, 0.3) is 5.91 Å². The highest BCUT2D eigenvalue weighted by Crippen LogP contribution is 2.27. The van der Waals surface area contributed by atoms with Gasteiger partial charge in [-0.1, -0.05) is 44.2 Å². The van der Waals surface area contributed by atoms with Gasteiger partial charge in [-0.25, -0.2) is 0 Å². The molecule has 3 rings (SSSR count). The van der Waals surface area contributed by atoms with Gasteiger partial charge in [-0.15, -0.1) is 0 Å². The zero-order valence-electron chi connectivity index (χ0n) is 18.1. The SMILES string of the molecule is Cc1ccc(C(C)C)c(OCC(=O)NCc2ccccc2N2CCN(C)CC2)c1. The molecule has 5 heteroatoms. The highest BCUT2D eigenvalue weighted by atomic mass is 16.5. The van der Waals surface area contributed by atoms with E-state index in [1.807, 2.05) is 19.1 Å². The van der Waals surface area contributed by atoms with E-state index in [9.17, 15) is 4.79 Å². The van der Waals surface area contributed by atoms with Gasteiger partial charge < -0.3 is 19.9 Å². The van der Waals surface area contributed by atoms with Crippen molar-refractivity contribution >= 4 is 11.6 Å². The molecule has 0 bridgehead atoms. The quantitative estimate of drug-likeness (QED) is 0.779. The van der Waals surface area contributed by atoms with Crippen molar-refractivity contribution in [1.82, 2.24) is 10.2 Å². The molecule has 2 aromatic carbocycles. The highest BCUT2D eigenvalue weighted by molar-refractivity contribution is 5.77. The van der Waals surface area contributed by atoms with Crippen molar-refractivity contribution in [1.29, 1.82) is 0 Å². The molecule has 0 aromatic heterocycles. The molecule has 5 nitrogen and oxygen atoms in total. The first-order chi connectivity index (χ1) is 13.9. The van der Waals surface area contributed by atoms with Gasteiger partial charge in [-0.3, -0.25) is 4.79 Å². The molecule has 2 aromatic rings. The predicted octanol–water partition coefficient (Wildman–Crippen LogP) is 3.57. The molecular formula is C24H33N3O2. The maximum absolute atomic E-state index is 12.4. The Balaban J connectivity index is 1.57. The van der Waals surface area contributed by atoms with Gasteiger partial charge in [0, 0.05) is 38.4 Å². The maximum atomic E-state index is 12.4. The average Bonchev–Trinajstić information content (AvgIpc) is 2.71. The van der Waals surface area contributed by atoms with Crippen molar-refractivity contribution in [3.05, 3.63) is 59.2 Å². The van der Waals surface area contributed by atoms with Gasteiger partial charge >= 0.3 is 0 Å². The van der Waals surface area contributed by atoms with Crippen LogP contribution in [0.3, 0.4) is 0 Å². The summed E-state index contributed by atoms with van der Waals surface area (Å²) in [6, 6.07) is 14.5. The number of benzene rings is 2. The number of rotatable bonds is 7. The lowest BCUT2D eigenvalue weighted by Crippen LogP contribution is -2.45. The van der Waals surface area contributed by atoms with Crippen LogP contribution in [0.15, 0.2) is 42.5 Å². The first-order valence-electron chi connectivity index (χ1n) is 10.5. The van der Waals surface area contributed by atoms with Gasteiger partial charge in [0.2, 0.25) is 0 Å². The third-order valence-electron chi connectivity index (χ3n) is 5.46. The molecule has 0 radical (unpaired) electrons. The maximum Gasteiger partial charge on any atom is 0.258 e. The molecule has 1 aliphatic heterocycles. The van der Waals surface area contributed by atoms with Crippen molar-refractivity contribution in [3.8, 4) is 5.75 Å². The van der Waals surface area contributed by atoms with Crippen molar-refractivity contribution in [2.24, 2.45) is 0 Å². The van der Waals surface area contributed by atoms with Crippen LogP contribution in [0.5, 0.6) is 5.75 Å². The van der Waals surface area contributed by atoms with Crippen LogP contribution in [0, 0.1) is 6.92 Å². The van der Waals surface area contributed by atoms with Gasteiger partial charge in [0.15, 0.2) is 6.61 Å². The van der Waals surface area contributed by atoms with E-state index < -0.39 is 0 Å². The number of carbonyl (C=O) groups is 1. The number of likely N-dealkylation sites (N-methyl/N-ethyl adjacent to an activating group) is 1. The normalized spacial score (nSPS) is 14.9. The fourth-order valence-corrected chi connectivity index (χ4v) is 3.65. The van der Waals surface area contributed by atoms with E-state index in [-0.39, 0.29) is 12.5 Å². The van der Waals surface area contributed by atoms with Crippen LogP contribution in [-0.2, 0) is 11.3 Å². The third-order valence-corrected chi connectivity index (χ3v) is 5.46. The van der Waals surface area contributed by atoms with Gasteiger partial charge in [-0.05, 0) is 48.7 Å². The first kappa shape index (κ1) is 21.2. The number of hydrogen-bond donors (Lipinski definition) is 1. The van der Waals surface area contributed by atoms with Crippen LogP contribution in [0.1, 0.15) is 36.5 Å². The van der Waals surface area contributed by atoms with Crippen LogP contribution >= 0.6 is 0 Å². The van der Waals surface area contributed by atoms with Crippen LogP contribution in [0.4, 0.5) is 5.69 Å². The summed E-state index contributed by atoms with van der Waals surface area (Å²) in [5.74, 6) is 1.05. The summed E-state index contributed by atoms with van der Waals surface area (Å²) in [7, 11) is 2.16. The summed E-state index contributed by atoms with van der Waals surface area (Å²) < 4.78 is 5.86. The molecule has 1 amide bonds. The van der Waals surface area contributed by atoms with E-state index in [1.165, 1.54) is 5.69 Å². The van der Waals surface area contributed by atoms with Crippen molar-refractivity contribution in [2.75, 3.05) is 44.7 Å². The number of carbonyl (C=O) groups excluding carboxylic acids is 1. The molecule has 0 saturated carbocycles. The van der Waals surface area contributed by atoms with Gasteiger partial charge in [-0.2, -0.15) is 0 Å². The summed E-state index contributed by atoms with van der Waals surface area (Å²) >= 11 is 0. The van der Waals surface area contributed by atoms with E-state index in [2.05, 4.69) is 66.3 Å². The molecule has 156 valence electrons. The van der Waals surface area contributed by atoms with Crippen molar-refractivity contribution < 1.29 is 9.53 Å². The summed E-state index contributed by atoms with van der Waals surface area (Å²) in [5.41, 5.74) is 4.61. The van der Waals surface area contributed by atoms with E-state index in [4.69, 9.17) is 4.74 Å². The fourth-order valence-electron chi connectivity index (χ4n) is 3.65. The minimum atomic E-state index is -0.102. The van der Waals surface area contributed by atoms with Crippen LogP contribution < -0.4 is 15.0 Å². The minimum Gasteiger partial charge on any atom is -0.483 e. The van der Waals surface area contributed by atoms with E-state index in [0.717, 1.165) is 48.6 Å². The topological polar surface area (TPSA) is 44.8 Å². The van der Waals surface area contributed by atoms with Gasteiger partial charge in [0.1, 0.15) is 5.75 Å². The van der Waals surface area contributed by atoms with Crippen LogP contribution in [0.2, 0.25) is 0 Å². The molecule has 1 heterocycles. The second-order valence-corrected chi connectivity index (χ2v) is 8.18. The van der Waals surface area contributed by atoms with Crippen molar-refractivity contribution in [3.63, 3.8) is 0 Å². The summed E-state index contributed by atoms with van der Waals surface area (Å²) in [4.78, 5) is 17.2. The molecule has 0 unspecified atom stereocenters. The fraction of sp³-hybridized carbons (Fsp3) is 0.458. The summed E-state index contributed by atoms with van der Waals surface area (Å²) in [6.45, 7) is 11.0. The second kappa shape index (κ2) is 9.79. The molecule has 1 fully saturated rings. The Bertz CT molecular complexity index is 827. The Kier molecular flexibility index (Phi) is 7.15. The Morgan fingerprint density at radius 1 is 1.10 bits per heavy atom. The molecule has 1 aliphatic rings. The van der Waals surface area contributed by atoms with Crippen LogP contribution in [-0.4, -0.2) is 50.6 Å². The smallest absolute Gasteiger partial charge is 0.258 e. The number of nitrogens with zero attached hydrogens (tertiary/aromatic N) is 2. The van der Waals surface area contributed by atoms with E-state index in [0.29, 0.717) is 12.5 Å². The summed E-state index contributed by atoms with van der Waals surface area (Å²) in [6.07, 6.45) is 0. The van der Waals surface area contributed by atoms with Crippen molar-refractivity contribution in [2.45, 2.75) is 33.2 Å². The molecule has 1 saturated heterocycles. The number of ether oxygens (including phenoxy) is 1. The molecule has 0 atom stereocenters. The zero-order valence-corrected chi connectivity index (χ0v) is 18.1. The molecule has 0 aliphatic carbocycles. The largest absolute Gasteiger partial charge is 0.483 e. The number of piperazine rings is 1. The molecule has 0 spiro atoms. The zero-order chi connectivity index (χ0) is 20.8. The van der Waals surface area contributed by atoms with E-state index in [1.54, 1.807) is 0 Å². The molecular weight excluding hydrogens is 362 g/mol. The highest BCUT2D eigenvalue weighted by Gasteiger charge is 2.17. The standard InChI is InChI=1S/C24H33N3O2/c1-18(2)21-10-9-19(3)15-23(21)29-17-24(28)25-16-20-7-5-6-8-22(20)27-13-11-26(4)12-14-27/h5-10,15,18H,11-14,16-17H2,1-4H3,(H,25,28). The second-order valence-electron chi connectivity index (χ2n) is 8.18. The number of para-hydroxylation sites is 1. The molecule has 29 heavy (non-hydrogen) atoms.